The van der Waals surface area contributed by atoms with Crippen LogP contribution >= 0.6 is 0 Å². The molecule has 2 aliphatic carbocycles. The normalized spacial score (nSPS) is 34.4. The first kappa shape index (κ1) is 16.3. The van der Waals surface area contributed by atoms with E-state index in [1.165, 1.54) is 38.5 Å². The van der Waals surface area contributed by atoms with Gasteiger partial charge in [0.05, 0.1) is 6.10 Å². The molecule has 2 unspecified atom stereocenters. The maximum absolute atomic E-state index is 10.3. The molecule has 0 spiro atoms. The van der Waals surface area contributed by atoms with E-state index >= 15 is 0 Å². The predicted molar refractivity (Wildman–Crippen MR) is 85.8 cm³/mol. The highest BCUT2D eigenvalue weighted by atomic mass is 16.3. The highest BCUT2D eigenvalue weighted by Gasteiger charge is 2.36. The van der Waals surface area contributed by atoms with Crippen LogP contribution in [-0.2, 0) is 0 Å². The highest BCUT2D eigenvalue weighted by molar-refractivity contribution is 4.88. The summed E-state index contributed by atoms with van der Waals surface area (Å²) in [6.45, 7) is 10.6. The van der Waals surface area contributed by atoms with Crippen LogP contribution in [0.15, 0.2) is 0 Å². The van der Waals surface area contributed by atoms with Crippen molar-refractivity contribution in [1.29, 1.82) is 0 Å². The van der Waals surface area contributed by atoms with Crippen LogP contribution in [0.25, 0.3) is 0 Å². The molecule has 1 N–H and O–H groups in total. The first-order chi connectivity index (χ1) is 9.19. The second-order valence-corrected chi connectivity index (χ2v) is 9.07. The minimum absolute atomic E-state index is 0.0782. The molecule has 2 heteroatoms. The van der Waals surface area contributed by atoms with Gasteiger partial charge in [0.2, 0.25) is 0 Å². The largest absolute Gasteiger partial charge is 0.393 e. The Kier molecular flexibility index (Phi) is 4.86. The molecule has 0 aromatic rings. The Morgan fingerprint density at radius 3 is 2.10 bits per heavy atom. The third kappa shape index (κ3) is 4.21. The van der Waals surface area contributed by atoms with E-state index in [-0.39, 0.29) is 6.10 Å². The third-order valence-corrected chi connectivity index (χ3v) is 5.93. The fraction of sp³-hybridized carbons (Fsp3) is 1.00. The van der Waals surface area contributed by atoms with Crippen LogP contribution in [0, 0.1) is 16.7 Å². The van der Waals surface area contributed by atoms with Crippen LogP contribution in [-0.4, -0.2) is 35.7 Å². The van der Waals surface area contributed by atoms with Gasteiger partial charge in [0.15, 0.2) is 0 Å². The molecule has 0 aromatic heterocycles. The molecule has 0 heterocycles. The zero-order chi connectivity index (χ0) is 15.0. The number of aliphatic hydroxyl groups excluding tert-OH is 1. The fourth-order valence-electron chi connectivity index (χ4n) is 4.25. The van der Waals surface area contributed by atoms with Crippen LogP contribution in [0.3, 0.4) is 0 Å². The average molecular weight is 281 g/mol. The molecule has 0 saturated heterocycles. The smallest absolute Gasteiger partial charge is 0.0581 e. The summed E-state index contributed by atoms with van der Waals surface area (Å²) in [6.07, 6.45) is 8.61. The molecule has 2 saturated carbocycles. The molecule has 20 heavy (non-hydrogen) atoms. The van der Waals surface area contributed by atoms with Gasteiger partial charge < -0.3 is 10.0 Å². The molecule has 0 aromatic carbocycles. The van der Waals surface area contributed by atoms with E-state index in [9.17, 15) is 5.11 Å². The topological polar surface area (TPSA) is 23.5 Å². The van der Waals surface area contributed by atoms with Gasteiger partial charge in [-0.2, -0.15) is 0 Å². The van der Waals surface area contributed by atoms with E-state index in [0.717, 1.165) is 19.0 Å². The van der Waals surface area contributed by atoms with Crippen molar-refractivity contribution >= 4 is 0 Å². The summed E-state index contributed by atoms with van der Waals surface area (Å²) in [5, 5.41) is 10.3. The van der Waals surface area contributed by atoms with E-state index in [2.05, 4.69) is 39.6 Å². The standard InChI is InChI=1S/C18H35NO/c1-17(2)9-6-15(7-10-17)19(5)13-14-12-18(3,4)11-8-16(14)20/h14-16,20H,6-13H2,1-5H3. The monoisotopic (exact) mass is 281 g/mol. The quantitative estimate of drug-likeness (QED) is 0.843. The summed E-state index contributed by atoms with van der Waals surface area (Å²) >= 11 is 0. The number of rotatable bonds is 3. The Labute approximate surface area is 125 Å². The SMILES string of the molecule is CN(CC1CC(C)(C)CCC1O)C1CCC(C)(C)CC1. The Morgan fingerprint density at radius 2 is 1.50 bits per heavy atom. The Hall–Kier alpha value is -0.0800. The molecule has 0 bridgehead atoms. The number of aliphatic hydroxyl groups is 1. The van der Waals surface area contributed by atoms with Crippen molar-refractivity contribution in [3.63, 3.8) is 0 Å². The van der Waals surface area contributed by atoms with E-state index in [1.54, 1.807) is 0 Å². The Balaban J connectivity index is 1.86. The van der Waals surface area contributed by atoms with Gasteiger partial charge >= 0.3 is 0 Å². The van der Waals surface area contributed by atoms with Crippen molar-refractivity contribution < 1.29 is 5.11 Å². The summed E-state index contributed by atoms with van der Waals surface area (Å²) < 4.78 is 0. The van der Waals surface area contributed by atoms with Gasteiger partial charge in [-0.25, -0.2) is 0 Å². The number of hydrogen-bond acceptors (Lipinski definition) is 2. The van der Waals surface area contributed by atoms with Gasteiger partial charge in [-0.05, 0) is 68.7 Å². The molecule has 0 amide bonds. The van der Waals surface area contributed by atoms with Crippen molar-refractivity contribution in [3.8, 4) is 0 Å². The maximum atomic E-state index is 10.3. The first-order valence-corrected chi connectivity index (χ1v) is 8.57. The van der Waals surface area contributed by atoms with E-state index in [1.807, 2.05) is 0 Å². The molecule has 2 fully saturated rings. The van der Waals surface area contributed by atoms with E-state index in [0.29, 0.717) is 16.7 Å². The maximum Gasteiger partial charge on any atom is 0.0581 e. The molecular weight excluding hydrogens is 246 g/mol. The fourth-order valence-corrected chi connectivity index (χ4v) is 4.25. The molecule has 0 radical (unpaired) electrons. The van der Waals surface area contributed by atoms with Crippen LogP contribution in [0.1, 0.15) is 72.6 Å². The van der Waals surface area contributed by atoms with Gasteiger partial charge in [0, 0.05) is 12.6 Å². The zero-order valence-corrected chi connectivity index (χ0v) is 14.3. The lowest BCUT2D eigenvalue weighted by molar-refractivity contribution is -0.00336. The summed E-state index contributed by atoms with van der Waals surface area (Å²) in [6, 6.07) is 0.736. The van der Waals surface area contributed by atoms with Gasteiger partial charge in [-0.3, -0.25) is 0 Å². The third-order valence-electron chi connectivity index (χ3n) is 5.93. The summed E-state index contributed by atoms with van der Waals surface area (Å²) in [7, 11) is 2.28. The zero-order valence-electron chi connectivity index (χ0n) is 14.3. The molecule has 2 aliphatic rings. The molecule has 0 aliphatic heterocycles. The van der Waals surface area contributed by atoms with Crippen molar-refractivity contribution in [2.24, 2.45) is 16.7 Å². The van der Waals surface area contributed by atoms with Crippen LogP contribution < -0.4 is 0 Å². The van der Waals surface area contributed by atoms with Gasteiger partial charge in [-0.15, -0.1) is 0 Å². The predicted octanol–water partition coefficient (Wildman–Crippen LogP) is 4.07. The van der Waals surface area contributed by atoms with Crippen molar-refractivity contribution in [3.05, 3.63) is 0 Å². The van der Waals surface area contributed by atoms with Crippen LogP contribution in [0.5, 0.6) is 0 Å². The van der Waals surface area contributed by atoms with Crippen molar-refractivity contribution in [2.75, 3.05) is 13.6 Å². The van der Waals surface area contributed by atoms with Gasteiger partial charge in [-0.1, -0.05) is 27.7 Å². The lowest BCUT2D eigenvalue weighted by Crippen LogP contribution is -2.44. The Bertz CT molecular complexity index is 313. The van der Waals surface area contributed by atoms with Crippen molar-refractivity contribution in [1.82, 2.24) is 4.90 Å². The van der Waals surface area contributed by atoms with Crippen LogP contribution in [0.2, 0.25) is 0 Å². The minimum atomic E-state index is -0.0782. The van der Waals surface area contributed by atoms with Gasteiger partial charge in [0.25, 0.3) is 0 Å². The second kappa shape index (κ2) is 5.96. The molecule has 2 nitrogen and oxygen atoms in total. The molecule has 2 atom stereocenters. The Morgan fingerprint density at radius 1 is 0.950 bits per heavy atom. The van der Waals surface area contributed by atoms with Crippen molar-refractivity contribution in [2.45, 2.75) is 84.8 Å². The van der Waals surface area contributed by atoms with E-state index < -0.39 is 0 Å². The van der Waals surface area contributed by atoms with E-state index in [4.69, 9.17) is 0 Å². The molecule has 118 valence electrons. The average Bonchev–Trinajstić information content (AvgIpc) is 2.33. The second-order valence-electron chi connectivity index (χ2n) is 9.07. The number of hydrogen-bond donors (Lipinski definition) is 1. The number of nitrogens with zero attached hydrogens (tertiary/aromatic N) is 1. The highest BCUT2D eigenvalue weighted by Crippen LogP contribution is 2.40. The van der Waals surface area contributed by atoms with Gasteiger partial charge in [0.1, 0.15) is 0 Å². The summed E-state index contributed by atoms with van der Waals surface area (Å²) in [4.78, 5) is 2.55. The molecule has 2 rings (SSSR count). The first-order valence-electron chi connectivity index (χ1n) is 8.57. The molecular formula is C18H35NO. The summed E-state index contributed by atoms with van der Waals surface area (Å²) in [5.74, 6) is 0.471. The minimum Gasteiger partial charge on any atom is -0.393 e. The van der Waals surface area contributed by atoms with Crippen LogP contribution in [0.4, 0.5) is 0 Å². The lowest BCUT2D eigenvalue weighted by atomic mass is 9.70. The lowest BCUT2D eigenvalue weighted by Gasteiger charge is -2.43. The summed E-state index contributed by atoms with van der Waals surface area (Å²) in [5.41, 5.74) is 0.961.